The van der Waals surface area contributed by atoms with E-state index in [-0.39, 0.29) is 11.5 Å². The number of nitrogens with one attached hydrogen (secondary N) is 3. The van der Waals surface area contributed by atoms with Crippen LogP contribution in [0.4, 0.5) is 5.82 Å². The SMILES string of the molecule is O=CNc1ncnc2[nH]c(=O)[nH]c12. The molecule has 0 aliphatic heterocycles. The van der Waals surface area contributed by atoms with Crippen molar-refractivity contribution in [2.24, 2.45) is 0 Å². The monoisotopic (exact) mass is 179 g/mol. The van der Waals surface area contributed by atoms with E-state index in [1.807, 2.05) is 0 Å². The Hall–Kier alpha value is -2.18. The maximum atomic E-state index is 10.9. The van der Waals surface area contributed by atoms with Crippen molar-refractivity contribution in [2.45, 2.75) is 0 Å². The summed E-state index contributed by atoms with van der Waals surface area (Å²) >= 11 is 0. The fraction of sp³-hybridized carbons (Fsp3) is 0. The lowest BCUT2D eigenvalue weighted by Gasteiger charge is -1.95. The second-order valence-corrected chi connectivity index (χ2v) is 2.29. The van der Waals surface area contributed by atoms with E-state index in [9.17, 15) is 9.59 Å². The number of fused-ring (bicyclic) bond motifs is 1. The predicted molar refractivity (Wildman–Crippen MR) is 44.2 cm³/mol. The molecule has 0 bridgehead atoms. The summed E-state index contributed by atoms with van der Waals surface area (Å²) in [5.74, 6) is 0.276. The number of rotatable bonds is 2. The van der Waals surface area contributed by atoms with Gasteiger partial charge in [0.1, 0.15) is 11.8 Å². The van der Waals surface area contributed by atoms with E-state index in [2.05, 4.69) is 25.3 Å². The number of hydrogen-bond donors (Lipinski definition) is 3. The van der Waals surface area contributed by atoms with E-state index in [1.165, 1.54) is 6.33 Å². The average Bonchev–Trinajstić information content (AvgIpc) is 2.47. The Kier molecular flexibility index (Phi) is 1.55. The van der Waals surface area contributed by atoms with E-state index >= 15 is 0 Å². The normalized spacial score (nSPS) is 10.2. The topological polar surface area (TPSA) is 104 Å². The summed E-state index contributed by atoms with van der Waals surface area (Å²) in [6.07, 6.45) is 1.73. The van der Waals surface area contributed by atoms with Gasteiger partial charge in [0.2, 0.25) is 6.41 Å². The zero-order valence-corrected chi connectivity index (χ0v) is 6.37. The van der Waals surface area contributed by atoms with Crippen LogP contribution in [0.1, 0.15) is 0 Å². The van der Waals surface area contributed by atoms with E-state index in [0.29, 0.717) is 17.6 Å². The van der Waals surface area contributed by atoms with Crippen molar-refractivity contribution in [3.8, 4) is 0 Å². The fourth-order valence-electron chi connectivity index (χ4n) is 1.02. The minimum absolute atomic E-state index is 0.276. The molecule has 0 atom stereocenters. The van der Waals surface area contributed by atoms with Crippen LogP contribution in [0.15, 0.2) is 11.1 Å². The molecule has 66 valence electrons. The molecule has 0 saturated carbocycles. The van der Waals surface area contributed by atoms with Crippen molar-refractivity contribution < 1.29 is 4.79 Å². The van der Waals surface area contributed by atoms with Crippen LogP contribution in [0.5, 0.6) is 0 Å². The van der Waals surface area contributed by atoms with E-state index < -0.39 is 0 Å². The Bertz CT molecular complexity index is 499. The van der Waals surface area contributed by atoms with Crippen LogP contribution >= 0.6 is 0 Å². The summed E-state index contributed by atoms with van der Waals surface area (Å²) in [6, 6.07) is 0. The number of aromatic amines is 2. The molecule has 13 heavy (non-hydrogen) atoms. The van der Waals surface area contributed by atoms with Gasteiger partial charge in [0.25, 0.3) is 0 Å². The molecule has 0 aliphatic carbocycles. The first-order chi connectivity index (χ1) is 6.31. The number of aromatic nitrogens is 4. The van der Waals surface area contributed by atoms with Crippen molar-refractivity contribution in [3.63, 3.8) is 0 Å². The van der Waals surface area contributed by atoms with Gasteiger partial charge in [-0.25, -0.2) is 14.8 Å². The van der Waals surface area contributed by atoms with Crippen molar-refractivity contribution in [2.75, 3.05) is 5.32 Å². The molecule has 2 aromatic rings. The molecule has 0 aromatic carbocycles. The molecule has 0 spiro atoms. The van der Waals surface area contributed by atoms with Crippen LogP contribution in [-0.2, 0) is 4.79 Å². The third kappa shape index (κ3) is 1.15. The molecule has 2 heterocycles. The Balaban J connectivity index is 2.74. The minimum Gasteiger partial charge on any atom is -0.311 e. The van der Waals surface area contributed by atoms with Gasteiger partial charge in [-0.3, -0.25) is 9.78 Å². The first kappa shape index (κ1) is 7.47. The van der Waals surface area contributed by atoms with Gasteiger partial charge in [-0.1, -0.05) is 0 Å². The van der Waals surface area contributed by atoms with Gasteiger partial charge in [0.15, 0.2) is 11.5 Å². The molecule has 0 saturated heterocycles. The number of H-pyrrole nitrogens is 2. The Labute approximate surface area is 71.2 Å². The highest BCUT2D eigenvalue weighted by Gasteiger charge is 2.04. The number of imidazole rings is 1. The lowest BCUT2D eigenvalue weighted by atomic mass is 10.5. The molecule has 2 rings (SSSR count). The highest BCUT2D eigenvalue weighted by Crippen LogP contribution is 2.11. The van der Waals surface area contributed by atoms with Gasteiger partial charge in [0, 0.05) is 0 Å². The van der Waals surface area contributed by atoms with Gasteiger partial charge < -0.3 is 10.3 Å². The van der Waals surface area contributed by atoms with Gasteiger partial charge in [-0.05, 0) is 0 Å². The summed E-state index contributed by atoms with van der Waals surface area (Å²) in [7, 11) is 0. The summed E-state index contributed by atoms with van der Waals surface area (Å²) in [5, 5.41) is 2.34. The van der Waals surface area contributed by atoms with Gasteiger partial charge >= 0.3 is 5.69 Å². The Morgan fingerprint density at radius 1 is 1.38 bits per heavy atom. The van der Waals surface area contributed by atoms with Crippen molar-refractivity contribution in [1.29, 1.82) is 0 Å². The second kappa shape index (κ2) is 2.70. The third-order valence-corrected chi connectivity index (χ3v) is 1.51. The largest absolute Gasteiger partial charge is 0.325 e. The predicted octanol–water partition coefficient (Wildman–Crippen LogP) is -0.786. The maximum absolute atomic E-state index is 10.9. The van der Waals surface area contributed by atoms with Gasteiger partial charge in [-0.2, -0.15) is 0 Å². The molecule has 1 amide bonds. The molecule has 3 N–H and O–H groups in total. The number of nitrogens with zero attached hydrogens (tertiary/aromatic N) is 2. The van der Waals surface area contributed by atoms with Crippen LogP contribution in [0.3, 0.4) is 0 Å². The first-order valence-corrected chi connectivity index (χ1v) is 3.44. The standard InChI is InChI=1S/C6H5N5O2/c12-2-9-4-3-5(8-1-7-4)11-6(13)10-3/h1-2H,(H3,7,8,9,10,11,12,13). The number of carbonyl (C=O) groups is 1. The zero-order chi connectivity index (χ0) is 9.26. The molecule has 0 unspecified atom stereocenters. The average molecular weight is 179 g/mol. The fourth-order valence-corrected chi connectivity index (χ4v) is 1.02. The summed E-state index contributed by atoms with van der Waals surface area (Å²) in [5.41, 5.74) is 0.369. The molecule has 0 radical (unpaired) electrons. The highest BCUT2D eigenvalue weighted by molar-refractivity contribution is 5.87. The highest BCUT2D eigenvalue weighted by atomic mass is 16.1. The van der Waals surface area contributed by atoms with E-state index in [0.717, 1.165) is 0 Å². The van der Waals surface area contributed by atoms with Crippen LogP contribution in [0.25, 0.3) is 11.2 Å². The number of hydrogen-bond acceptors (Lipinski definition) is 4. The Morgan fingerprint density at radius 2 is 2.23 bits per heavy atom. The number of amides is 1. The first-order valence-electron chi connectivity index (χ1n) is 3.44. The summed E-state index contributed by atoms with van der Waals surface area (Å²) < 4.78 is 0. The summed E-state index contributed by atoms with van der Waals surface area (Å²) in [6.45, 7) is 0. The Morgan fingerprint density at radius 3 is 3.00 bits per heavy atom. The van der Waals surface area contributed by atoms with Crippen LogP contribution in [0.2, 0.25) is 0 Å². The van der Waals surface area contributed by atoms with Crippen molar-refractivity contribution >= 4 is 23.4 Å². The molecule has 0 aliphatic rings. The lowest BCUT2D eigenvalue weighted by molar-refractivity contribution is -0.105. The number of anilines is 1. The maximum Gasteiger partial charge on any atom is 0.325 e. The molecule has 7 heteroatoms. The zero-order valence-electron chi connectivity index (χ0n) is 6.37. The van der Waals surface area contributed by atoms with Crippen LogP contribution in [0, 0.1) is 0 Å². The molecule has 0 fully saturated rings. The third-order valence-electron chi connectivity index (χ3n) is 1.51. The van der Waals surface area contributed by atoms with Crippen LogP contribution < -0.4 is 11.0 Å². The van der Waals surface area contributed by atoms with E-state index in [1.54, 1.807) is 0 Å². The molecular formula is C6H5N5O2. The number of carbonyl (C=O) groups excluding carboxylic acids is 1. The van der Waals surface area contributed by atoms with Gasteiger partial charge in [0.05, 0.1) is 0 Å². The van der Waals surface area contributed by atoms with Gasteiger partial charge in [-0.15, -0.1) is 0 Å². The molecular weight excluding hydrogens is 174 g/mol. The van der Waals surface area contributed by atoms with Crippen molar-refractivity contribution in [3.05, 3.63) is 16.8 Å². The smallest absolute Gasteiger partial charge is 0.311 e. The minimum atomic E-state index is -0.385. The molecule has 2 aromatic heterocycles. The van der Waals surface area contributed by atoms with Crippen molar-refractivity contribution in [1.82, 2.24) is 19.9 Å². The van der Waals surface area contributed by atoms with E-state index in [4.69, 9.17) is 0 Å². The second-order valence-electron chi connectivity index (χ2n) is 2.29. The summed E-state index contributed by atoms with van der Waals surface area (Å²) in [4.78, 5) is 33.5. The molecule has 7 nitrogen and oxygen atoms in total. The quantitative estimate of drug-likeness (QED) is 0.525. The van der Waals surface area contributed by atoms with Crippen LogP contribution in [-0.4, -0.2) is 26.3 Å². The lowest BCUT2D eigenvalue weighted by Crippen LogP contribution is -2.00.